The van der Waals surface area contributed by atoms with Crippen molar-refractivity contribution in [1.29, 1.82) is 0 Å². The average molecular weight is 299 g/mol. The zero-order valence-corrected chi connectivity index (χ0v) is 13.4. The lowest BCUT2D eigenvalue weighted by Gasteiger charge is -2.17. The fourth-order valence-corrected chi connectivity index (χ4v) is 2.52. The van der Waals surface area contributed by atoms with E-state index in [0.717, 1.165) is 37.0 Å². The minimum atomic E-state index is -3.67. The monoisotopic (exact) mass is 299 g/mol. The quantitative estimate of drug-likeness (QED) is 0.748. The van der Waals surface area contributed by atoms with Crippen LogP contribution < -0.4 is 9.88 Å². The van der Waals surface area contributed by atoms with E-state index in [4.69, 9.17) is 9.88 Å². The van der Waals surface area contributed by atoms with Crippen molar-refractivity contribution in [2.24, 2.45) is 5.14 Å². The predicted molar refractivity (Wildman–Crippen MR) is 81.5 cm³/mol. The van der Waals surface area contributed by atoms with Gasteiger partial charge < -0.3 is 4.74 Å². The summed E-state index contributed by atoms with van der Waals surface area (Å²) in [5.74, 6) is 1.00. The average Bonchev–Trinajstić information content (AvgIpc) is 2.41. The summed E-state index contributed by atoms with van der Waals surface area (Å²) < 4.78 is 28.7. The van der Waals surface area contributed by atoms with Crippen LogP contribution in [-0.4, -0.2) is 15.0 Å². The molecular weight excluding hydrogens is 274 g/mol. The van der Waals surface area contributed by atoms with Crippen molar-refractivity contribution < 1.29 is 13.2 Å². The molecule has 1 rings (SSSR count). The number of benzene rings is 1. The molecule has 0 spiro atoms. The van der Waals surface area contributed by atoms with E-state index in [1.54, 1.807) is 12.1 Å². The highest BCUT2D eigenvalue weighted by Crippen LogP contribution is 2.31. The summed E-state index contributed by atoms with van der Waals surface area (Å²) in [7, 11) is -3.67. The van der Waals surface area contributed by atoms with Crippen LogP contribution in [0.4, 0.5) is 0 Å². The fraction of sp³-hybridized carbons (Fsp3) is 0.600. The SMILES string of the molecule is CCCCCOc1ccc(S(N)(=O)=O)cc1C(C)CC. The lowest BCUT2D eigenvalue weighted by molar-refractivity contribution is 0.301. The van der Waals surface area contributed by atoms with E-state index in [1.807, 2.05) is 0 Å². The molecule has 0 radical (unpaired) electrons. The highest BCUT2D eigenvalue weighted by molar-refractivity contribution is 7.89. The number of hydrogen-bond donors (Lipinski definition) is 1. The molecule has 0 aliphatic heterocycles. The van der Waals surface area contributed by atoms with Crippen LogP contribution in [0.1, 0.15) is 57.9 Å². The summed E-state index contributed by atoms with van der Waals surface area (Å²) in [4.78, 5) is 0.147. The van der Waals surface area contributed by atoms with Gasteiger partial charge in [-0.3, -0.25) is 0 Å². The van der Waals surface area contributed by atoms with Crippen LogP contribution in [0.3, 0.4) is 0 Å². The second-order valence-electron chi connectivity index (χ2n) is 5.11. The van der Waals surface area contributed by atoms with Gasteiger partial charge in [0, 0.05) is 0 Å². The molecule has 1 unspecified atom stereocenters. The van der Waals surface area contributed by atoms with E-state index in [2.05, 4.69) is 20.8 Å². The number of primary sulfonamides is 1. The summed E-state index contributed by atoms with van der Waals surface area (Å²) in [5, 5.41) is 5.19. The minimum absolute atomic E-state index is 0.147. The number of rotatable bonds is 8. The minimum Gasteiger partial charge on any atom is -0.493 e. The standard InChI is InChI=1S/C15H25NO3S/c1-4-6-7-10-19-15-9-8-13(20(16,17)18)11-14(15)12(3)5-2/h8-9,11-12H,4-7,10H2,1-3H3,(H2,16,17,18). The van der Waals surface area contributed by atoms with Crippen LogP contribution in [0.25, 0.3) is 0 Å². The number of sulfonamides is 1. The van der Waals surface area contributed by atoms with E-state index in [1.165, 1.54) is 6.07 Å². The maximum atomic E-state index is 11.4. The first kappa shape index (κ1) is 17.0. The Labute approximate surface area is 122 Å². The summed E-state index contributed by atoms with van der Waals surface area (Å²) in [6.07, 6.45) is 4.20. The van der Waals surface area contributed by atoms with Gasteiger partial charge >= 0.3 is 0 Å². The van der Waals surface area contributed by atoms with E-state index in [0.29, 0.717) is 6.61 Å². The van der Waals surface area contributed by atoms with Crippen LogP contribution in [0.5, 0.6) is 5.75 Å². The van der Waals surface area contributed by atoms with Crippen molar-refractivity contribution in [2.45, 2.75) is 57.3 Å². The normalized spacial score (nSPS) is 13.2. The zero-order chi connectivity index (χ0) is 15.2. The molecule has 1 aromatic rings. The molecule has 0 heterocycles. The third-order valence-corrected chi connectivity index (χ3v) is 4.37. The Morgan fingerprint density at radius 2 is 1.95 bits per heavy atom. The largest absolute Gasteiger partial charge is 0.493 e. The maximum Gasteiger partial charge on any atom is 0.238 e. The molecule has 2 N–H and O–H groups in total. The van der Waals surface area contributed by atoms with Gasteiger partial charge in [-0.05, 0) is 42.5 Å². The molecule has 0 aliphatic rings. The Hall–Kier alpha value is -1.07. The van der Waals surface area contributed by atoms with Gasteiger partial charge in [0.2, 0.25) is 10.0 Å². The van der Waals surface area contributed by atoms with Gasteiger partial charge in [0.1, 0.15) is 5.75 Å². The third-order valence-electron chi connectivity index (χ3n) is 3.46. The molecular formula is C15H25NO3S. The van der Waals surface area contributed by atoms with Crippen LogP contribution in [0.2, 0.25) is 0 Å². The molecule has 5 heteroatoms. The van der Waals surface area contributed by atoms with Gasteiger partial charge in [-0.15, -0.1) is 0 Å². The molecule has 0 aromatic heterocycles. The molecule has 0 bridgehead atoms. The first-order valence-corrected chi connectivity index (χ1v) is 8.74. The van der Waals surface area contributed by atoms with Crippen LogP contribution in [-0.2, 0) is 10.0 Å². The Bertz CT molecular complexity index is 526. The van der Waals surface area contributed by atoms with Gasteiger partial charge in [0.25, 0.3) is 0 Å². The Balaban J connectivity index is 2.98. The predicted octanol–water partition coefficient (Wildman–Crippen LogP) is 3.42. The molecule has 0 fully saturated rings. The van der Waals surface area contributed by atoms with E-state index in [-0.39, 0.29) is 10.8 Å². The zero-order valence-electron chi connectivity index (χ0n) is 12.6. The smallest absolute Gasteiger partial charge is 0.238 e. The fourth-order valence-electron chi connectivity index (χ4n) is 1.97. The molecule has 1 atom stereocenters. The molecule has 0 aliphatic carbocycles. The number of ether oxygens (including phenoxy) is 1. The summed E-state index contributed by atoms with van der Waals surface area (Å²) in [6, 6.07) is 4.86. The first-order chi connectivity index (χ1) is 9.40. The second kappa shape index (κ2) is 7.64. The highest BCUT2D eigenvalue weighted by atomic mass is 32.2. The van der Waals surface area contributed by atoms with Gasteiger partial charge in [-0.25, -0.2) is 13.6 Å². The Morgan fingerprint density at radius 1 is 1.25 bits per heavy atom. The van der Waals surface area contributed by atoms with Crippen LogP contribution in [0, 0.1) is 0 Å². The summed E-state index contributed by atoms with van der Waals surface area (Å²) in [6.45, 7) is 6.92. The van der Waals surface area contributed by atoms with E-state index in [9.17, 15) is 8.42 Å². The van der Waals surface area contributed by atoms with Crippen molar-refractivity contribution in [3.8, 4) is 5.75 Å². The molecule has 0 saturated heterocycles. The highest BCUT2D eigenvalue weighted by Gasteiger charge is 2.15. The van der Waals surface area contributed by atoms with E-state index < -0.39 is 10.0 Å². The Morgan fingerprint density at radius 3 is 2.50 bits per heavy atom. The van der Waals surface area contributed by atoms with Gasteiger partial charge in [-0.1, -0.05) is 33.6 Å². The number of unbranched alkanes of at least 4 members (excludes halogenated alkanes) is 2. The summed E-state index contributed by atoms with van der Waals surface area (Å²) >= 11 is 0. The van der Waals surface area contributed by atoms with Gasteiger partial charge in [0.05, 0.1) is 11.5 Å². The van der Waals surface area contributed by atoms with Crippen LogP contribution in [0.15, 0.2) is 23.1 Å². The second-order valence-corrected chi connectivity index (χ2v) is 6.67. The van der Waals surface area contributed by atoms with Gasteiger partial charge in [0.15, 0.2) is 0 Å². The molecule has 0 saturated carbocycles. The van der Waals surface area contributed by atoms with Gasteiger partial charge in [-0.2, -0.15) is 0 Å². The molecule has 0 amide bonds. The van der Waals surface area contributed by atoms with Crippen LogP contribution >= 0.6 is 0 Å². The van der Waals surface area contributed by atoms with Crippen molar-refractivity contribution >= 4 is 10.0 Å². The topological polar surface area (TPSA) is 69.4 Å². The number of hydrogen-bond acceptors (Lipinski definition) is 3. The van der Waals surface area contributed by atoms with Crippen molar-refractivity contribution in [2.75, 3.05) is 6.61 Å². The molecule has 1 aromatic carbocycles. The lowest BCUT2D eigenvalue weighted by atomic mass is 9.98. The lowest BCUT2D eigenvalue weighted by Crippen LogP contribution is -2.13. The third kappa shape index (κ3) is 4.80. The molecule has 4 nitrogen and oxygen atoms in total. The number of nitrogens with two attached hydrogens (primary N) is 1. The molecule has 20 heavy (non-hydrogen) atoms. The first-order valence-electron chi connectivity index (χ1n) is 7.19. The van der Waals surface area contributed by atoms with Crippen molar-refractivity contribution in [3.63, 3.8) is 0 Å². The van der Waals surface area contributed by atoms with Crippen molar-refractivity contribution in [3.05, 3.63) is 23.8 Å². The molecule has 114 valence electrons. The maximum absolute atomic E-state index is 11.4. The van der Waals surface area contributed by atoms with E-state index >= 15 is 0 Å². The van der Waals surface area contributed by atoms with Crippen molar-refractivity contribution in [1.82, 2.24) is 0 Å². The Kier molecular flexibility index (Phi) is 6.49. The summed E-state index contributed by atoms with van der Waals surface area (Å²) in [5.41, 5.74) is 0.913.